The lowest BCUT2D eigenvalue weighted by Gasteiger charge is -2.18. The summed E-state index contributed by atoms with van der Waals surface area (Å²) >= 11 is 0. The summed E-state index contributed by atoms with van der Waals surface area (Å²) in [7, 11) is 0. The minimum atomic E-state index is 0.0884. The van der Waals surface area contributed by atoms with Crippen LogP contribution in [0, 0.1) is 5.92 Å². The molecule has 3 nitrogen and oxygen atoms in total. The van der Waals surface area contributed by atoms with E-state index in [0.717, 1.165) is 0 Å². The van der Waals surface area contributed by atoms with Crippen molar-refractivity contribution >= 4 is 11.8 Å². The van der Waals surface area contributed by atoms with Crippen molar-refractivity contribution in [1.29, 1.82) is 0 Å². The molecule has 0 aromatic carbocycles. The molecule has 1 aromatic heterocycles. The molecule has 1 aliphatic rings. The molecule has 1 saturated carbocycles. The second kappa shape index (κ2) is 6.48. The van der Waals surface area contributed by atoms with E-state index in [-0.39, 0.29) is 5.91 Å². The van der Waals surface area contributed by atoms with Crippen LogP contribution in [0.25, 0.3) is 0 Å². The van der Waals surface area contributed by atoms with Gasteiger partial charge in [0.15, 0.2) is 5.88 Å². The van der Waals surface area contributed by atoms with Gasteiger partial charge in [0, 0.05) is 12.5 Å². The Kier molecular flexibility index (Phi) is 4.65. The van der Waals surface area contributed by atoms with Crippen molar-refractivity contribution in [3.63, 3.8) is 0 Å². The van der Waals surface area contributed by atoms with Crippen LogP contribution >= 0.6 is 0 Å². The van der Waals surface area contributed by atoms with Gasteiger partial charge in [0.2, 0.25) is 5.91 Å². The van der Waals surface area contributed by atoms with E-state index in [4.69, 9.17) is 4.42 Å². The first-order valence-electron chi connectivity index (χ1n) is 6.68. The summed E-state index contributed by atoms with van der Waals surface area (Å²) in [5.74, 6) is 1.21. The van der Waals surface area contributed by atoms with Gasteiger partial charge in [-0.05, 0) is 24.8 Å². The van der Waals surface area contributed by atoms with E-state index < -0.39 is 0 Å². The molecule has 0 radical (unpaired) electrons. The van der Waals surface area contributed by atoms with E-state index in [0.29, 0.717) is 18.2 Å². The maximum atomic E-state index is 11.8. The Balaban J connectivity index is 1.76. The van der Waals surface area contributed by atoms with E-state index in [1.165, 1.54) is 44.9 Å². The van der Waals surface area contributed by atoms with Gasteiger partial charge in [-0.2, -0.15) is 0 Å². The van der Waals surface area contributed by atoms with Crippen molar-refractivity contribution in [1.82, 2.24) is 0 Å². The number of rotatable bonds is 3. The lowest BCUT2D eigenvalue weighted by atomic mass is 9.89. The van der Waals surface area contributed by atoms with Gasteiger partial charge in [-0.15, -0.1) is 0 Å². The van der Waals surface area contributed by atoms with Gasteiger partial charge in [0.1, 0.15) is 0 Å². The Bertz CT molecular complexity index is 324. The zero-order chi connectivity index (χ0) is 11.9. The Labute approximate surface area is 103 Å². The molecule has 2 rings (SSSR count). The van der Waals surface area contributed by atoms with Gasteiger partial charge in [0.05, 0.1) is 6.26 Å². The lowest BCUT2D eigenvalue weighted by molar-refractivity contribution is -0.117. The molecule has 1 heterocycles. The number of hydrogen-bond donors (Lipinski definition) is 1. The first kappa shape index (κ1) is 12.2. The van der Waals surface area contributed by atoms with E-state index in [9.17, 15) is 4.79 Å². The van der Waals surface area contributed by atoms with E-state index in [2.05, 4.69) is 5.32 Å². The Morgan fingerprint density at radius 3 is 2.59 bits per heavy atom. The first-order chi connectivity index (χ1) is 8.34. The van der Waals surface area contributed by atoms with Crippen LogP contribution in [-0.4, -0.2) is 5.91 Å². The van der Waals surface area contributed by atoms with Crippen LogP contribution in [0.2, 0.25) is 0 Å². The Hall–Kier alpha value is -1.25. The fourth-order valence-corrected chi connectivity index (χ4v) is 2.55. The molecule has 3 heteroatoms. The molecule has 1 aromatic rings. The van der Waals surface area contributed by atoms with Crippen LogP contribution in [0.4, 0.5) is 5.88 Å². The van der Waals surface area contributed by atoms with Crippen molar-refractivity contribution in [3.8, 4) is 0 Å². The molecule has 0 atom stereocenters. The van der Waals surface area contributed by atoms with Crippen LogP contribution < -0.4 is 5.32 Å². The molecule has 0 spiro atoms. The summed E-state index contributed by atoms with van der Waals surface area (Å²) in [5.41, 5.74) is 0. The van der Waals surface area contributed by atoms with Gasteiger partial charge in [0.25, 0.3) is 0 Å². The smallest absolute Gasteiger partial charge is 0.226 e. The predicted molar refractivity (Wildman–Crippen MR) is 67.8 cm³/mol. The normalized spacial score (nSPS) is 18.4. The number of carbonyl (C=O) groups is 1. The summed E-state index contributed by atoms with van der Waals surface area (Å²) in [6.45, 7) is 0. The standard InChI is InChI=1S/C14H21NO2/c16-13(15-14-9-6-10-17-14)11-12-7-4-2-1-3-5-8-12/h6,9-10,12H,1-5,7-8,11H2,(H,15,16). The number of furan rings is 1. The van der Waals surface area contributed by atoms with Crippen molar-refractivity contribution < 1.29 is 9.21 Å². The summed E-state index contributed by atoms with van der Waals surface area (Å²) < 4.78 is 5.11. The predicted octanol–water partition coefficient (Wildman–Crippen LogP) is 3.97. The highest BCUT2D eigenvalue weighted by atomic mass is 16.3. The minimum absolute atomic E-state index is 0.0884. The lowest BCUT2D eigenvalue weighted by Crippen LogP contribution is -2.17. The summed E-state index contributed by atoms with van der Waals surface area (Å²) in [4.78, 5) is 11.8. The van der Waals surface area contributed by atoms with Crippen LogP contribution in [-0.2, 0) is 4.79 Å². The maximum Gasteiger partial charge on any atom is 0.226 e. The van der Waals surface area contributed by atoms with Crippen molar-refractivity contribution in [3.05, 3.63) is 18.4 Å². The van der Waals surface area contributed by atoms with Gasteiger partial charge in [-0.1, -0.05) is 32.1 Å². The molecular formula is C14H21NO2. The van der Waals surface area contributed by atoms with E-state index in [1.807, 2.05) is 0 Å². The maximum absolute atomic E-state index is 11.8. The topological polar surface area (TPSA) is 42.2 Å². The molecule has 17 heavy (non-hydrogen) atoms. The van der Waals surface area contributed by atoms with Crippen LogP contribution in [0.5, 0.6) is 0 Å². The number of nitrogens with one attached hydrogen (secondary N) is 1. The van der Waals surface area contributed by atoms with Gasteiger partial charge < -0.3 is 4.42 Å². The zero-order valence-electron chi connectivity index (χ0n) is 10.3. The monoisotopic (exact) mass is 235 g/mol. The van der Waals surface area contributed by atoms with Crippen molar-refractivity contribution in [2.45, 2.75) is 51.4 Å². The minimum Gasteiger partial charge on any atom is -0.449 e. The summed E-state index contributed by atoms with van der Waals surface area (Å²) in [6, 6.07) is 3.56. The largest absolute Gasteiger partial charge is 0.449 e. The molecule has 1 N–H and O–H groups in total. The molecule has 1 fully saturated rings. The number of amides is 1. The molecule has 1 aliphatic carbocycles. The van der Waals surface area contributed by atoms with Crippen molar-refractivity contribution in [2.75, 3.05) is 5.32 Å². The highest BCUT2D eigenvalue weighted by Gasteiger charge is 2.15. The van der Waals surface area contributed by atoms with Crippen LogP contribution in [0.3, 0.4) is 0 Å². The first-order valence-corrected chi connectivity index (χ1v) is 6.68. The second-order valence-electron chi connectivity index (χ2n) is 4.94. The van der Waals surface area contributed by atoms with E-state index in [1.54, 1.807) is 18.4 Å². The third kappa shape index (κ3) is 4.25. The highest BCUT2D eigenvalue weighted by Crippen LogP contribution is 2.25. The molecule has 0 bridgehead atoms. The number of anilines is 1. The van der Waals surface area contributed by atoms with Crippen LogP contribution in [0.1, 0.15) is 51.4 Å². The number of hydrogen-bond acceptors (Lipinski definition) is 2. The molecule has 0 saturated heterocycles. The van der Waals surface area contributed by atoms with E-state index >= 15 is 0 Å². The molecule has 0 unspecified atom stereocenters. The third-order valence-corrected chi connectivity index (χ3v) is 3.48. The third-order valence-electron chi connectivity index (χ3n) is 3.48. The van der Waals surface area contributed by atoms with Gasteiger partial charge in [-0.25, -0.2) is 0 Å². The second-order valence-corrected chi connectivity index (χ2v) is 4.94. The average molecular weight is 235 g/mol. The summed E-state index contributed by atoms with van der Waals surface area (Å²) in [5, 5.41) is 2.80. The molecule has 0 aliphatic heterocycles. The fraction of sp³-hybridized carbons (Fsp3) is 0.643. The molecule has 1 amide bonds. The summed E-state index contributed by atoms with van der Waals surface area (Å²) in [6.07, 6.45) is 11.2. The SMILES string of the molecule is O=C(CC1CCCCCCC1)Nc1ccco1. The molecular weight excluding hydrogens is 214 g/mol. The number of carbonyl (C=O) groups excluding carboxylic acids is 1. The highest BCUT2D eigenvalue weighted by molar-refractivity contribution is 5.89. The fourth-order valence-electron chi connectivity index (χ4n) is 2.55. The van der Waals surface area contributed by atoms with Gasteiger partial charge >= 0.3 is 0 Å². The zero-order valence-corrected chi connectivity index (χ0v) is 10.3. The average Bonchev–Trinajstić information content (AvgIpc) is 2.74. The van der Waals surface area contributed by atoms with Crippen molar-refractivity contribution in [2.24, 2.45) is 5.92 Å². The molecule has 94 valence electrons. The Morgan fingerprint density at radius 1 is 1.24 bits per heavy atom. The quantitative estimate of drug-likeness (QED) is 0.861. The Morgan fingerprint density at radius 2 is 1.94 bits per heavy atom. The van der Waals surface area contributed by atoms with Crippen LogP contribution in [0.15, 0.2) is 22.8 Å². The van der Waals surface area contributed by atoms with Gasteiger partial charge in [-0.3, -0.25) is 10.1 Å².